The van der Waals surface area contributed by atoms with Crippen molar-refractivity contribution >= 4 is 34.7 Å². The van der Waals surface area contributed by atoms with Gasteiger partial charge in [0.15, 0.2) is 5.82 Å². The van der Waals surface area contributed by atoms with Gasteiger partial charge in [-0.3, -0.25) is 10.1 Å². The molecule has 1 heterocycles. The summed E-state index contributed by atoms with van der Waals surface area (Å²) in [6.07, 6.45) is 1.47. The molecule has 0 bridgehead atoms. The van der Waals surface area contributed by atoms with Crippen LogP contribution in [-0.4, -0.2) is 19.9 Å². The predicted molar refractivity (Wildman–Crippen MR) is 76.4 cm³/mol. The van der Waals surface area contributed by atoms with E-state index in [9.17, 15) is 10.1 Å². The zero-order chi connectivity index (χ0) is 14.9. The summed E-state index contributed by atoms with van der Waals surface area (Å²) in [6.45, 7) is 1.98. The maximum Gasteiger partial charge on any atom is 0.272 e. The molecule has 20 heavy (non-hydrogen) atoms. The fraction of sp³-hybridized carbons (Fsp3) is 0.273. The number of hydrogen-bond acceptors (Lipinski definition) is 5. The standard InChI is InChI=1S/C11H11Cl2N5O2/c1-2-3-9-11(14)15-16-17(9)10-7(12)4-6(18(19)20)5-8(10)13/h4-5H,2-3,14H2,1H3. The van der Waals surface area contributed by atoms with Crippen LogP contribution in [0.2, 0.25) is 10.0 Å². The van der Waals surface area contributed by atoms with E-state index in [1.165, 1.54) is 16.8 Å². The third-order valence-corrected chi connectivity index (χ3v) is 3.28. The van der Waals surface area contributed by atoms with Gasteiger partial charge in [-0.15, -0.1) is 5.10 Å². The van der Waals surface area contributed by atoms with Crippen LogP contribution < -0.4 is 5.73 Å². The number of aromatic nitrogens is 3. The zero-order valence-electron chi connectivity index (χ0n) is 10.5. The molecule has 1 aromatic heterocycles. The van der Waals surface area contributed by atoms with Crippen molar-refractivity contribution in [3.05, 3.63) is 38.0 Å². The molecule has 0 aliphatic rings. The predicted octanol–water partition coefficient (Wildman–Crippen LogP) is 3.02. The van der Waals surface area contributed by atoms with Gasteiger partial charge in [0.05, 0.1) is 20.7 Å². The number of non-ortho nitro benzene ring substituents is 1. The Morgan fingerprint density at radius 1 is 1.40 bits per heavy atom. The molecule has 9 heteroatoms. The van der Waals surface area contributed by atoms with Gasteiger partial charge in [0.2, 0.25) is 0 Å². The lowest BCUT2D eigenvalue weighted by atomic mass is 10.2. The fourth-order valence-electron chi connectivity index (χ4n) is 1.82. The smallest absolute Gasteiger partial charge is 0.272 e. The first-order chi connectivity index (χ1) is 9.45. The number of nitrogens with zero attached hydrogens (tertiary/aromatic N) is 4. The molecule has 0 saturated carbocycles. The molecule has 0 amide bonds. The maximum absolute atomic E-state index is 10.8. The summed E-state index contributed by atoms with van der Waals surface area (Å²) in [4.78, 5) is 10.2. The van der Waals surface area contributed by atoms with E-state index in [1.807, 2.05) is 6.92 Å². The molecular weight excluding hydrogens is 305 g/mol. The molecule has 0 fully saturated rings. The quantitative estimate of drug-likeness (QED) is 0.690. The lowest BCUT2D eigenvalue weighted by Crippen LogP contribution is -2.05. The van der Waals surface area contributed by atoms with Crippen LogP contribution in [0.4, 0.5) is 11.5 Å². The van der Waals surface area contributed by atoms with Gasteiger partial charge in [0.25, 0.3) is 5.69 Å². The SMILES string of the molecule is CCCc1c(N)nnn1-c1c(Cl)cc([N+](=O)[O-])cc1Cl. The maximum atomic E-state index is 10.8. The van der Waals surface area contributed by atoms with Gasteiger partial charge in [-0.05, 0) is 6.42 Å². The van der Waals surface area contributed by atoms with E-state index < -0.39 is 4.92 Å². The van der Waals surface area contributed by atoms with Crippen molar-refractivity contribution in [2.45, 2.75) is 19.8 Å². The molecule has 106 valence electrons. The van der Waals surface area contributed by atoms with Crippen molar-refractivity contribution in [2.75, 3.05) is 5.73 Å². The lowest BCUT2D eigenvalue weighted by Gasteiger charge is -2.09. The number of nitro groups is 1. The van der Waals surface area contributed by atoms with E-state index in [0.717, 1.165) is 6.42 Å². The minimum absolute atomic E-state index is 0.117. The Bertz CT molecular complexity index is 648. The van der Waals surface area contributed by atoms with Gasteiger partial charge < -0.3 is 5.73 Å². The molecule has 1 aromatic carbocycles. The number of nitrogen functional groups attached to an aromatic ring is 1. The molecule has 7 nitrogen and oxygen atoms in total. The monoisotopic (exact) mass is 315 g/mol. The Balaban J connectivity index is 2.62. The Morgan fingerprint density at radius 2 is 2.00 bits per heavy atom. The molecule has 2 aromatic rings. The largest absolute Gasteiger partial charge is 0.381 e. The van der Waals surface area contributed by atoms with Crippen LogP contribution in [0.5, 0.6) is 0 Å². The normalized spacial score (nSPS) is 10.8. The van der Waals surface area contributed by atoms with E-state index >= 15 is 0 Å². The highest BCUT2D eigenvalue weighted by Crippen LogP contribution is 2.34. The average molecular weight is 316 g/mol. The van der Waals surface area contributed by atoms with Crippen LogP contribution in [0.3, 0.4) is 0 Å². The van der Waals surface area contributed by atoms with Gasteiger partial charge in [0, 0.05) is 12.1 Å². The highest BCUT2D eigenvalue weighted by atomic mass is 35.5. The van der Waals surface area contributed by atoms with E-state index in [1.54, 1.807) is 0 Å². The summed E-state index contributed by atoms with van der Waals surface area (Å²) >= 11 is 12.2. The topological polar surface area (TPSA) is 99.9 Å². The van der Waals surface area contributed by atoms with Crippen LogP contribution in [0, 0.1) is 10.1 Å². The van der Waals surface area contributed by atoms with E-state index in [4.69, 9.17) is 28.9 Å². The van der Waals surface area contributed by atoms with Gasteiger partial charge >= 0.3 is 0 Å². The van der Waals surface area contributed by atoms with Crippen LogP contribution in [0.25, 0.3) is 5.69 Å². The van der Waals surface area contributed by atoms with Crippen LogP contribution in [0.15, 0.2) is 12.1 Å². The molecule has 0 unspecified atom stereocenters. The first-order valence-electron chi connectivity index (χ1n) is 5.79. The van der Waals surface area contributed by atoms with Gasteiger partial charge in [-0.2, -0.15) is 0 Å². The second-order valence-electron chi connectivity index (χ2n) is 4.10. The Morgan fingerprint density at radius 3 is 2.50 bits per heavy atom. The second kappa shape index (κ2) is 5.64. The molecular formula is C11H11Cl2N5O2. The molecule has 0 radical (unpaired) electrons. The highest BCUT2D eigenvalue weighted by Gasteiger charge is 2.20. The van der Waals surface area contributed by atoms with Crippen molar-refractivity contribution in [1.82, 2.24) is 15.0 Å². The number of nitrogens with two attached hydrogens (primary N) is 1. The minimum atomic E-state index is -0.565. The highest BCUT2D eigenvalue weighted by molar-refractivity contribution is 6.38. The third kappa shape index (κ3) is 2.54. The second-order valence-corrected chi connectivity index (χ2v) is 4.91. The Hall–Kier alpha value is -1.86. The van der Waals surface area contributed by atoms with E-state index in [2.05, 4.69) is 10.3 Å². The fourth-order valence-corrected chi connectivity index (χ4v) is 2.46. The number of rotatable bonds is 4. The molecule has 2 N–H and O–H groups in total. The zero-order valence-corrected chi connectivity index (χ0v) is 12.0. The van der Waals surface area contributed by atoms with Crippen molar-refractivity contribution < 1.29 is 4.92 Å². The summed E-state index contributed by atoms with van der Waals surface area (Å²) < 4.78 is 1.42. The summed E-state index contributed by atoms with van der Waals surface area (Å²) in [5, 5.41) is 18.7. The number of hydrogen-bond donors (Lipinski definition) is 1. The average Bonchev–Trinajstić information content (AvgIpc) is 2.71. The summed E-state index contributed by atoms with van der Waals surface area (Å²) in [7, 11) is 0. The molecule has 0 aliphatic heterocycles. The van der Waals surface area contributed by atoms with Crippen molar-refractivity contribution in [3.8, 4) is 5.69 Å². The third-order valence-electron chi connectivity index (χ3n) is 2.70. The van der Waals surface area contributed by atoms with Gasteiger partial charge in [-0.1, -0.05) is 41.8 Å². The molecule has 0 aliphatic carbocycles. The lowest BCUT2D eigenvalue weighted by molar-refractivity contribution is -0.384. The van der Waals surface area contributed by atoms with Crippen LogP contribution in [-0.2, 0) is 6.42 Å². The number of halogens is 2. The molecule has 0 spiro atoms. The van der Waals surface area contributed by atoms with Crippen molar-refractivity contribution in [1.29, 1.82) is 0 Å². The first-order valence-corrected chi connectivity index (χ1v) is 6.55. The summed E-state index contributed by atoms with van der Waals surface area (Å²) in [5.41, 5.74) is 6.58. The van der Waals surface area contributed by atoms with Crippen LogP contribution >= 0.6 is 23.2 Å². The summed E-state index contributed by atoms with van der Waals surface area (Å²) in [5.74, 6) is 0.289. The van der Waals surface area contributed by atoms with E-state index in [-0.39, 0.29) is 21.6 Å². The minimum Gasteiger partial charge on any atom is -0.381 e. The van der Waals surface area contributed by atoms with Gasteiger partial charge in [0.1, 0.15) is 5.69 Å². The number of benzene rings is 1. The Kier molecular flexibility index (Phi) is 4.10. The number of nitro benzene ring substituents is 1. The molecule has 0 saturated heterocycles. The van der Waals surface area contributed by atoms with Crippen molar-refractivity contribution in [2.24, 2.45) is 0 Å². The molecule has 2 rings (SSSR count). The summed E-state index contributed by atoms with van der Waals surface area (Å²) in [6, 6.07) is 2.44. The first kappa shape index (κ1) is 14.5. The number of anilines is 1. The van der Waals surface area contributed by atoms with Crippen molar-refractivity contribution in [3.63, 3.8) is 0 Å². The van der Waals surface area contributed by atoms with E-state index in [0.29, 0.717) is 17.8 Å². The van der Waals surface area contributed by atoms with Crippen LogP contribution in [0.1, 0.15) is 19.0 Å². The van der Waals surface area contributed by atoms with Gasteiger partial charge in [-0.25, -0.2) is 4.68 Å². The Labute approximate surface area is 124 Å². The molecule has 0 atom stereocenters.